The summed E-state index contributed by atoms with van der Waals surface area (Å²) < 4.78 is 2.58. The molecule has 4 heteroatoms. The van der Waals surface area contributed by atoms with Gasteiger partial charge in [-0.1, -0.05) is 39.8 Å². The summed E-state index contributed by atoms with van der Waals surface area (Å²) in [4.78, 5) is 23.2. The molecule has 0 aliphatic heterocycles. The highest BCUT2D eigenvalue weighted by atomic mass is 16.2. The van der Waals surface area contributed by atoms with Gasteiger partial charge in [-0.25, -0.2) is 4.79 Å². The van der Waals surface area contributed by atoms with Gasteiger partial charge >= 0.3 is 5.69 Å². The average Bonchev–Trinajstić information content (AvgIpc) is 2.47. The summed E-state index contributed by atoms with van der Waals surface area (Å²) in [6.45, 7) is 8.00. The van der Waals surface area contributed by atoms with Crippen LogP contribution in [0, 0.1) is 0 Å². The van der Waals surface area contributed by atoms with Crippen molar-refractivity contribution in [3.05, 3.63) is 45.1 Å². The minimum absolute atomic E-state index is 0.247. The van der Waals surface area contributed by atoms with Crippen LogP contribution in [0.5, 0.6) is 0 Å². The Balaban J connectivity index is 0.000000659. The number of fused-ring (bicyclic) bond motifs is 1. The van der Waals surface area contributed by atoms with Crippen LogP contribution < -0.4 is 11.2 Å². The molecule has 0 fully saturated rings. The molecule has 4 nitrogen and oxygen atoms in total. The van der Waals surface area contributed by atoms with Crippen molar-refractivity contribution in [2.24, 2.45) is 14.1 Å². The molecule has 2 aromatic rings. The van der Waals surface area contributed by atoms with Crippen LogP contribution in [-0.4, -0.2) is 9.13 Å². The molecule has 0 unspecified atom stereocenters. The highest BCUT2D eigenvalue weighted by Crippen LogP contribution is 2.04. The van der Waals surface area contributed by atoms with E-state index in [1.54, 1.807) is 31.3 Å². The summed E-state index contributed by atoms with van der Waals surface area (Å²) in [5.74, 6) is 0. The molecule has 100 valence electrons. The number of hydrogen-bond donors (Lipinski definition) is 0. The predicted octanol–water partition coefficient (Wildman–Crippen LogP) is 2.29. The van der Waals surface area contributed by atoms with Crippen molar-refractivity contribution in [2.75, 3.05) is 0 Å². The monoisotopic (exact) mass is 250 g/mol. The molecule has 0 bridgehead atoms. The van der Waals surface area contributed by atoms with E-state index in [-0.39, 0.29) is 11.2 Å². The summed E-state index contributed by atoms with van der Waals surface area (Å²) in [5, 5.41) is 0.567. The number of aryl methyl sites for hydroxylation is 1. The molecule has 18 heavy (non-hydrogen) atoms. The minimum Gasteiger partial charge on any atom is -0.296 e. The first kappa shape index (κ1) is 16.2. The third-order valence-electron chi connectivity index (χ3n) is 2.37. The summed E-state index contributed by atoms with van der Waals surface area (Å²) in [5.41, 5.74) is 0.123. The first-order valence-corrected chi connectivity index (χ1v) is 6.27. The average molecular weight is 250 g/mol. The Morgan fingerprint density at radius 1 is 0.833 bits per heavy atom. The second kappa shape index (κ2) is 7.48. The maximum atomic E-state index is 11.7. The van der Waals surface area contributed by atoms with Crippen molar-refractivity contribution in [1.82, 2.24) is 9.13 Å². The van der Waals surface area contributed by atoms with E-state index in [0.717, 1.165) is 4.57 Å². The largest absolute Gasteiger partial charge is 0.330 e. The smallest absolute Gasteiger partial charge is 0.296 e. The van der Waals surface area contributed by atoms with Gasteiger partial charge in [-0.05, 0) is 12.1 Å². The lowest BCUT2D eigenvalue weighted by Crippen LogP contribution is -2.36. The maximum absolute atomic E-state index is 11.7. The molecule has 0 amide bonds. The Kier molecular flexibility index (Phi) is 6.71. The molecule has 0 saturated heterocycles. The Hall–Kier alpha value is -1.84. The van der Waals surface area contributed by atoms with Crippen LogP contribution in [0.25, 0.3) is 10.9 Å². The van der Waals surface area contributed by atoms with E-state index in [0.29, 0.717) is 10.9 Å². The number of para-hydroxylation sites is 1. The van der Waals surface area contributed by atoms with Gasteiger partial charge in [-0.3, -0.25) is 13.9 Å². The lowest BCUT2D eigenvalue weighted by atomic mass is 10.2. The summed E-state index contributed by atoms with van der Waals surface area (Å²) in [7, 11) is 3.14. The van der Waals surface area contributed by atoms with Gasteiger partial charge in [0.25, 0.3) is 5.56 Å². The van der Waals surface area contributed by atoms with E-state index >= 15 is 0 Å². The Bertz CT molecular complexity index is 609. The van der Waals surface area contributed by atoms with Crippen molar-refractivity contribution in [2.45, 2.75) is 27.7 Å². The number of rotatable bonds is 0. The van der Waals surface area contributed by atoms with Crippen LogP contribution in [0.1, 0.15) is 27.7 Å². The standard InChI is InChI=1S/C10H10N2O2.2C2H6/c1-11-8-6-4-3-5-7(8)9(13)12(2)10(11)14;2*1-2/h3-6H,1-2H3;2*1-2H3. The van der Waals surface area contributed by atoms with Gasteiger partial charge < -0.3 is 0 Å². The Labute approximate surface area is 107 Å². The zero-order valence-corrected chi connectivity index (χ0v) is 12.0. The third kappa shape index (κ3) is 2.88. The van der Waals surface area contributed by atoms with Crippen LogP contribution >= 0.6 is 0 Å². The van der Waals surface area contributed by atoms with Crippen molar-refractivity contribution in [1.29, 1.82) is 0 Å². The fraction of sp³-hybridized carbons (Fsp3) is 0.429. The van der Waals surface area contributed by atoms with E-state index < -0.39 is 0 Å². The molecule has 0 radical (unpaired) electrons. The molecule has 0 N–H and O–H groups in total. The minimum atomic E-state index is -0.297. The molecule has 1 aromatic heterocycles. The molecule has 0 saturated carbocycles. The fourth-order valence-corrected chi connectivity index (χ4v) is 1.54. The van der Waals surface area contributed by atoms with Crippen molar-refractivity contribution in [3.63, 3.8) is 0 Å². The van der Waals surface area contributed by atoms with Gasteiger partial charge in [-0.15, -0.1) is 0 Å². The summed E-state index contributed by atoms with van der Waals surface area (Å²) >= 11 is 0. The second-order valence-corrected chi connectivity index (χ2v) is 3.22. The molecule has 0 spiro atoms. The lowest BCUT2D eigenvalue weighted by Gasteiger charge is -2.05. The Morgan fingerprint density at radius 3 is 1.89 bits per heavy atom. The van der Waals surface area contributed by atoms with E-state index in [1.165, 1.54) is 11.6 Å². The second-order valence-electron chi connectivity index (χ2n) is 3.22. The van der Waals surface area contributed by atoms with E-state index in [1.807, 2.05) is 27.7 Å². The zero-order chi connectivity index (χ0) is 14.3. The van der Waals surface area contributed by atoms with Crippen molar-refractivity contribution in [3.8, 4) is 0 Å². The van der Waals surface area contributed by atoms with Gasteiger partial charge in [0, 0.05) is 14.1 Å². The van der Waals surface area contributed by atoms with Gasteiger partial charge in [0.05, 0.1) is 10.9 Å². The number of aromatic nitrogens is 2. The van der Waals surface area contributed by atoms with Crippen LogP contribution in [0.3, 0.4) is 0 Å². The highest BCUT2D eigenvalue weighted by Gasteiger charge is 2.05. The first-order valence-electron chi connectivity index (χ1n) is 6.27. The summed E-state index contributed by atoms with van der Waals surface area (Å²) in [6, 6.07) is 7.07. The van der Waals surface area contributed by atoms with Gasteiger partial charge in [0.15, 0.2) is 0 Å². The van der Waals surface area contributed by atoms with Crippen LogP contribution in [0.2, 0.25) is 0 Å². The normalized spacial score (nSPS) is 9.00. The molecule has 2 rings (SSSR count). The van der Waals surface area contributed by atoms with Gasteiger partial charge in [0.2, 0.25) is 0 Å². The van der Waals surface area contributed by atoms with Crippen molar-refractivity contribution < 1.29 is 0 Å². The molecule has 1 heterocycles. The molecule has 0 aliphatic rings. The number of nitrogens with zero attached hydrogens (tertiary/aromatic N) is 2. The first-order chi connectivity index (χ1) is 8.63. The number of benzene rings is 1. The molecular weight excluding hydrogens is 228 g/mol. The fourth-order valence-electron chi connectivity index (χ4n) is 1.54. The van der Waals surface area contributed by atoms with Crippen LogP contribution in [-0.2, 0) is 14.1 Å². The topological polar surface area (TPSA) is 44.0 Å². The molecule has 0 atom stereocenters. The van der Waals surface area contributed by atoms with Gasteiger partial charge in [-0.2, -0.15) is 0 Å². The molecule has 1 aromatic carbocycles. The SMILES string of the molecule is CC.CC.Cn1c(=O)c2ccccc2n(C)c1=O. The van der Waals surface area contributed by atoms with E-state index in [4.69, 9.17) is 0 Å². The van der Waals surface area contributed by atoms with Crippen LogP contribution in [0.15, 0.2) is 33.9 Å². The number of hydrogen-bond acceptors (Lipinski definition) is 2. The maximum Gasteiger partial charge on any atom is 0.330 e. The predicted molar refractivity (Wildman–Crippen MR) is 77.1 cm³/mol. The van der Waals surface area contributed by atoms with E-state index in [2.05, 4.69) is 0 Å². The van der Waals surface area contributed by atoms with E-state index in [9.17, 15) is 9.59 Å². The van der Waals surface area contributed by atoms with Gasteiger partial charge in [0.1, 0.15) is 0 Å². The zero-order valence-electron chi connectivity index (χ0n) is 12.0. The third-order valence-corrected chi connectivity index (χ3v) is 2.37. The Morgan fingerprint density at radius 2 is 1.33 bits per heavy atom. The molecule has 0 aliphatic carbocycles. The lowest BCUT2D eigenvalue weighted by molar-refractivity contribution is 0.713. The van der Waals surface area contributed by atoms with Crippen LogP contribution in [0.4, 0.5) is 0 Å². The highest BCUT2D eigenvalue weighted by molar-refractivity contribution is 5.77. The molecular formula is C14H22N2O2. The quantitative estimate of drug-likeness (QED) is 0.720. The van der Waals surface area contributed by atoms with Crippen molar-refractivity contribution >= 4 is 10.9 Å². The summed E-state index contributed by atoms with van der Waals surface area (Å²) in [6.07, 6.45) is 0.